The molecule has 0 saturated carbocycles. The van der Waals surface area contributed by atoms with Crippen LogP contribution in [0.1, 0.15) is 21.7 Å². The first-order chi connectivity index (χ1) is 13.3. The number of aryl methyl sites for hydroxylation is 1. The molecule has 0 atom stereocenters. The molecule has 0 aliphatic heterocycles. The van der Waals surface area contributed by atoms with Crippen molar-refractivity contribution in [2.45, 2.75) is 18.4 Å². The Hall–Kier alpha value is -2.55. The third-order valence-electron chi connectivity index (χ3n) is 4.12. The zero-order valence-electron chi connectivity index (χ0n) is 15.4. The van der Waals surface area contributed by atoms with Gasteiger partial charge in [0.2, 0.25) is 0 Å². The molecule has 7 nitrogen and oxygen atoms in total. The summed E-state index contributed by atoms with van der Waals surface area (Å²) in [5, 5.41) is 0.901. The number of methoxy groups -OCH3 is 2. The second kappa shape index (κ2) is 7.83. The van der Waals surface area contributed by atoms with Crippen molar-refractivity contribution >= 4 is 44.3 Å². The fourth-order valence-electron chi connectivity index (χ4n) is 2.77. The third-order valence-corrected chi connectivity index (χ3v) is 5.92. The highest BCUT2D eigenvalue weighted by atomic mass is 35.5. The molecule has 2 aromatic carbocycles. The van der Waals surface area contributed by atoms with Crippen molar-refractivity contribution in [2.24, 2.45) is 0 Å². The Morgan fingerprint density at radius 2 is 1.93 bits per heavy atom. The molecule has 0 amide bonds. The quantitative estimate of drug-likeness (QED) is 0.599. The van der Waals surface area contributed by atoms with E-state index in [4.69, 9.17) is 25.5 Å². The number of hydrogen-bond donors (Lipinski definition) is 1. The summed E-state index contributed by atoms with van der Waals surface area (Å²) in [4.78, 5) is 12.3. The van der Waals surface area contributed by atoms with Crippen LogP contribution >= 0.6 is 11.6 Å². The molecule has 0 bridgehead atoms. The average molecular weight is 424 g/mol. The Morgan fingerprint density at radius 1 is 1.18 bits per heavy atom. The van der Waals surface area contributed by atoms with Crippen LogP contribution in [0.2, 0.25) is 5.02 Å². The number of furan rings is 1. The van der Waals surface area contributed by atoms with E-state index < -0.39 is 16.0 Å². The minimum absolute atomic E-state index is 0.0736. The lowest BCUT2D eigenvalue weighted by atomic mass is 10.1. The standard InChI is InChI=1S/C19H18ClNO6S/c1-11-8-13(5-6-15(11)20)28(23,24)21-12-4-7-16-14(9-12)18(19(22)26-3)17(27-16)10-25-2/h4-9,21H,10H2,1-3H3. The summed E-state index contributed by atoms with van der Waals surface area (Å²) in [6.45, 7) is 1.79. The summed E-state index contributed by atoms with van der Waals surface area (Å²) in [5.74, 6) is -0.295. The monoisotopic (exact) mass is 423 g/mol. The fourth-order valence-corrected chi connectivity index (χ4v) is 4.02. The van der Waals surface area contributed by atoms with Crippen LogP contribution in [0.5, 0.6) is 0 Å². The molecule has 0 spiro atoms. The molecule has 28 heavy (non-hydrogen) atoms. The molecule has 0 aliphatic carbocycles. The van der Waals surface area contributed by atoms with Crippen LogP contribution in [0, 0.1) is 6.92 Å². The van der Waals surface area contributed by atoms with Crippen molar-refractivity contribution in [1.82, 2.24) is 0 Å². The SMILES string of the molecule is COCc1oc2ccc(NS(=O)(=O)c3ccc(Cl)c(C)c3)cc2c1C(=O)OC. The van der Waals surface area contributed by atoms with E-state index >= 15 is 0 Å². The molecular weight excluding hydrogens is 406 g/mol. The predicted octanol–water partition coefficient (Wildman–Crippen LogP) is 4.13. The first-order valence-electron chi connectivity index (χ1n) is 8.18. The summed E-state index contributed by atoms with van der Waals surface area (Å²) in [5.41, 5.74) is 1.53. The second-order valence-corrected chi connectivity index (χ2v) is 8.14. The van der Waals surface area contributed by atoms with Crippen molar-refractivity contribution in [1.29, 1.82) is 0 Å². The molecule has 0 radical (unpaired) electrons. The Labute approximate surface area is 167 Å². The molecule has 0 saturated heterocycles. The molecule has 1 N–H and O–H groups in total. The van der Waals surface area contributed by atoms with Gasteiger partial charge in [-0.05, 0) is 48.9 Å². The Morgan fingerprint density at radius 3 is 2.57 bits per heavy atom. The molecule has 148 valence electrons. The van der Waals surface area contributed by atoms with E-state index in [9.17, 15) is 13.2 Å². The maximum atomic E-state index is 12.7. The number of rotatable bonds is 6. The van der Waals surface area contributed by atoms with E-state index in [1.165, 1.54) is 38.5 Å². The van der Waals surface area contributed by atoms with Gasteiger partial charge in [0, 0.05) is 23.2 Å². The Kier molecular flexibility index (Phi) is 5.64. The van der Waals surface area contributed by atoms with Crippen LogP contribution < -0.4 is 4.72 Å². The Bertz CT molecular complexity index is 1150. The van der Waals surface area contributed by atoms with Crippen molar-refractivity contribution in [3.05, 3.63) is 58.3 Å². The topological polar surface area (TPSA) is 94.8 Å². The zero-order chi connectivity index (χ0) is 20.5. The van der Waals surface area contributed by atoms with Gasteiger partial charge in [0.15, 0.2) is 0 Å². The highest BCUT2D eigenvalue weighted by Gasteiger charge is 2.23. The van der Waals surface area contributed by atoms with Crippen molar-refractivity contribution in [3.63, 3.8) is 0 Å². The van der Waals surface area contributed by atoms with E-state index in [2.05, 4.69) is 4.72 Å². The van der Waals surface area contributed by atoms with E-state index in [-0.39, 0.29) is 22.8 Å². The third kappa shape index (κ3) is 3.84. The summed E-state index contributed by atoms with van der Waals surface area (Å²) >= 11 is 5.97. The maximum absolute atomic E-state index is 12.7. The average Bonchev–Trinajstić information content (AvgIpc) is 3.00. The number of halogens is 1. The summed E-state index contributed by atoms with van der Waals surface area (Å²) in [7, 11) is -1.11. The number of carbonyl (C=O) groups is 1. The number of nitrogens with one attached hydrogen (secondary N) is 1. The van der Waals surface area contributed by atoms with Gasteiger partial charge in [-0.3, -0.25) is 4.72 Å². The number of sulfonamides is 1. The number of anilines is 1. The van der Waals surface area contributed by atoms with Crippen molar-refractivity contribution in [2.75, 3.05) is 18.9 Å². The van der Waals surface area contributed by atoms with Gasteiger partial charge in [-0.15, -0.1) is 0 Å². The lowest BCUT2D eigenvalue weighted by Crippen LogP contribution is -2.13. The van der Waals surface area contributed by atoms with E-state index in [0.29, 0.717) is 27.3 Å². The van der Waals surface area contributed by atoms with Gasteiger partial charge in [0.05, 0.1) is 12.0 Å². The highest BCUT2D eigenvalue weighted by molar-refractivity contribution is 7.92. The first-order valence-corrected chi connectivity index (χ1v) is 10.0. The van der Waals surface area contributed by atoms with Gasteiger partial charge in [-0.2, -0.15) is 0 Å². The molecule has 0 aliphatic rings. The van der Waals surface area contributed by atoms with Gasteiger partial charge in [-0.1, -0.05) is 11.6 Å². The molecule has 0 unspecified atom stereocenters. The van der Waals surface area contributed by atoms with E-state index in [1.807, 2.05) is 0 Å². The lowest BCUT2D eigenvalue weighted by Gasteiger charge is -2.09. The smallest absolute Gasteiger partial charge is 0.342 e. The number of benzene rings is 2. The molecule has 0 fully saturated rings. The van der Waals surface area contributed by atoms with Crippen LogP contribution in [-0.2, 0) is 26.1 Å². The summed E-state index contributed by atoms with van der Waals surface area (Å²) < 4.78 is 43.4. The number of esters is 1. The fraction of sp³-hybridized carbons (Fsp3) is 0.211. The summed E-state index contributed by atoms with van der Waals surface area (Å²) in [6.07, 6.45) is 0. The van der Waals surface area contributed by atoms with Crippen molar-refractivity contribution < 1.29 is 27.1 Å². The number of fused-ring (bicyclic) bond motifs is 1. The minimum atomic E-state index is -3.84. The van der Waals surface area contributed by atoms with E-state index in [0.717, 1.165) is 0 Å². The van der Waals surface area contributed by atoms with E-state index in [1.54, 1.807) is 19.1 Å². The maximum Gasteiger partial charge on any atom is 0.342 e. The van der Waals surface area contributed by atoms with Gasteiger partial charge >= 0.3 is 5.97 Å². The molecule has 1 heterocycles. The molecule has 9 heteroatoms. The Balaban J connectivity index is 2.04. The zero-order valence-corrected chi connectivity index (χ0v) is 17.0. The number of hydrogen-bond acceptors (Lipinski definition) is 6. The van der Waals surface area contributed by atoms with Crippen LogP contribution in [-0.4, -0.2) is 28.6 Å². The predicted molar refractivity (Wildman–Crippen MR) is 105 cm³/mol. The molecular formula is C19H18ClNO6S. The molecule has 3 aromatic rings. The highest BCUT2D eigenvalue weighted by Crippen LogP contribution is 2.31. The van der Waals surface area contributed by atoms with Gasteiger partial charge in [0.1, 0.15) is 23.5 Å². The van der Waals surface area contributed by atoms with Crippen LogP contribution in [0.3, 0.4) is 0 Å². The molecule has 1 aromatic heterocycles. The van der Waals surface area contributed by atoms with Crippen LogP contribution in [0.25, 0.3) is 11.0 Å². The lowest BCUT2D eigenvalue weighted by molar-refractivity contribution is 0.0594. The van der Waals surface area contributed by atoms with Gasteiger partial charge < -0.3 is 13.9 Å². The van der Waals surface area contributed by atoms with Gasteiger partial charge in [-0.25, -0.2) is 13.2 Å². The van der Waals surface area contributed by atoms with Gasteiger partial charge in [0.25, 0.3) is 10.0 Å². The van der Waals surface area contributed by atoms with Crippen LogP contribution in [0.4, 0.5) is 5.69 Å². The normalized spacial score (nSPS) is 11.6. The van der Waals surface area contributed by atoms with Crippen LogP contribution in [0.15, 0.2) is 45.7 Å². The van der Waals surface area contributed by atoms with Crippen molar-refractivity contribution in [3.8, 4) is 0 Å². The minimum Gasteiger partial charge on any atom is -0.465 e. The molecule has 3 rings (SSSR count). The number of carbonyl (C=O) groups excluding carboxylic acids is 1. The summed E-state index contributed by atoms with van der Waals surface area (Å²) in [6, 6.07) is 9.07. The first kappa shape index (κ1) is 20.2. The largest absolute Gasteiger partial charge is 0.465 e. The second-order valence-electron chi connectivity index (χ2n) is 6.05. The number of ether oxygens (including phenoxy) is 2.